The predicted molar refractivity (Wildman–Crippen MR) is 66.5 cm³/mol. The molecule has 7 nitrogen and oxygen atoms in total. The van der Waals surface area contributed by atoms with Gasteiger partial charge in [-0.15, -0.1) is 0 Å². The molecule has 2 rings (SSSR count). The fourth-order valence-electron chi connectivity index (χ4n) is 1.51. The first-order valence-electron chi connectivity index (χ1n) is 5.33. The molecule has 1 amide bonds. The highest BCUT2D eigenvalue weighted by Crippen LogP contribution is 2.23. The van der Waals surface area contributed by atoms with E-state index in [9.17, 15) is 9.59 Å². The number of rotatable bonds is 4. The number of carbonyl (C=O) groups excluding carboxylic acids is 1. The van der Waals surface area contributed by atoms with Crippen LogP contribution >= 0.6 is 0 Å². The lowest BCUT2D eigenvalue weighted by Crippen LogP contribution is -2.15. The lowest BCUT2D eigenvalue weighted by molar-refractivity contribution is 0.0698. The van der Waals surface area contributed by atoms with Crippen LogP contribution in [0.4, 0.5) is 5.69 Å². The molecule has 0 atom stereocenters. The Kier molecular flexibility index (Phi) is 3.46. The second-order valence-corrected chi connectivity index (χ2v) is 3.64. The van der Waals surface area contributed by atoms with Gasteiger partial charge in [0.25, 0.3) is 5.91 Å². The number of benzene rings is 1. The van der Waals surface area contributed by atoms with Crippen LogP contribution in [0.15, 0.2) is 30.7 Å². The number of carbonyl (C=O) groups is 2. The summed E-state index contributed by atoms with van der Waals surface area (Å²) in [6.45, 7) is 0. The molecule has 19 heavy (non-hydrogen) atoms. The molecular weight excluding hydrogens is 250 g/mol. The highest BCUT2D eigenvalue weighted by Gasteiger charge is 2.15. The summed E-state index contributed by atoms with van der Waals surface area (Å²) in [5, 5.41) is 11.6. The summed E-state index contributed by atoms with van der Waals surface area (Å²) in [6, 6.07) is 4.32. The standard InChI is InChI=1S/C12H11N3O4/c1-19-7-2-3-8(12(17)18)9(4-7)15-11(16)10-5-13-6-14-10/h2-6H,1H3,(H,13,14)(H,15,16)(H,17,18). The van der Waals surface area contributed by atoms with Gasteiger partial charge in [-0.2, -0.15) is 0 Å². The number of carboxylic acids is 1. The van der Waals surface area contributed by atoms with Crippen molar-refractivity contribution in [1.82, 2.24) is 9.97 Å². The van der Waals surface area contributed by atoms with Crippen molar-refractivity contribution in [1.29, 1.82) is 0 Å². The predicted octanol–water partition coefficient (Wildman–Crippen LogP) is 1.37. The van der Waals surface area contributed by atoms with Crippen LogP contribution in [-0.4, -0.2) is 34.1 Å². The fraction of sp³-hybridized carbons (Fsp3) is 0.0833. The molecule has 0 saturated carbocycles. The molecule has 1 aromatic heterocycles. The van der Waals surface area contributed by atoms with E-state index < -0.39 is 11.9 Å². The zero-order valence-electron chi connectivity index (χ0n) is 10.0. The summed E-state index contributed by atoms with van der Waals surface area (Å²) in [4.78, 5) is 29.3. The van der Waals surface area contributed by atoms with Crippen LogP contribution in [0.25, 0.3) is 0 Å². The summed E-state index contributed by atoms with van der Waals surface area (Å²) in [6.07, 6.45) is 2.70. The number of H-pyrrole nitrogens is 1. The largest absolute Gasteiger partial charge is 0.497 e. The van der Waals surface area contributed by atoms with Crippen LogP contribution in [0.5, 0.6) is 5.75 Å². The van der Waals surface area contributed by atoms with Crippen molar-refractivity contribution in [2.75, 3.05) is 12.4 Å². The van der Waals surface area contributed by atoms with Crippen LogP contribution in [0.2, 0.25) is 0 Å². The minimum atomic E-state index is -1.14. The summed E-state index contributed by atoms with van der Waals surface area (Å²) < 4.78 is 5.00. The third-order valence-corrected chi connectivity index (χ3v) is 2.45. The molecule has 0 bridgehead atoms. The molecule has 0 unspecified atom stereocenters. The van der Waals surface area contributed by atoms with Crippen LogP contribution in [0.3, 0.4) is 0 Å². The van der Waals surface area contributed by atoms with E-state index in [4.69, 9.17) is 9.84 Å². The van der Waals surface area contributed by atoms with Gasteiger partial charge in [0.1, 0.15) is 11.4 Å². The van der Waals surface area contributed by atoms with Crippen molar-refractivity contribution in [3.8, 4) is 5.75 Å². The molecule has 3 N–H and O–H groups in total. The third-order valence-electron chi connectivity index (χ3n) is 2.45. The Labute approximate surface area is 108 Å². The fourth-order valence-corrected chi connectivity index (χ4v) is 1.51. The number of nitrogens with zero attached hydrogens (tertiary/aromatic N) is 1. The smallest absolute Gasteiger partial charge is 0.337 e. The molecule has 7 heteroatoms. The molecule has 0 radical (unpaired) electrons. The molecular formula is C12H11N3O4. The van der Waals surface area contributed by atoms with Crippen LogP contribution < -0.4 is 10.1 Å². The van der Waals surface area contributed by atoms with E-state index in [1.54, 1.807) is 0 Å². The van der Waals surface area contributed by atoms with Crippen LogP contribution in [-0.2, 0) is 0 Å². The Hall–Kier alpha value is -2.83. The minimum absolute atomic E-state index is 0.0198. The maximum Gasteiger partial charge on any atom is 0.337 e. The first kappa shape index (κ1) is 12.6. The van der Waals surface area contributed by atoms with Gasteiger partial charge in [0.2, 0.25) is 0 Å². The first-order valence-corrected chi connectivity index (χ1v) is 5.33. The molecule has 0 fully saturated rings. The summed E-state index contributed by atoms with van der Waals surface area (Å²) in [5.41, 5.74) is 0.374. The number of nitrogens with one attached hydrogen (secondary N) is 2. The number of imidazole rings is 1. The van der Waals surface area contributed by atoms with Gasteiger partial charge < -0.3 is 20.1 Å². The van der Waals surface area contributed by atoms with Gasteiger partial charge in [0, 0.05) is 6.07 Å². The average molecular weight is 261 g/mol. The van der Waals surface area contributed by atoms with Gasteiger partial charge in [0.15, 0.2) is 0 Å². The van der Waals surface area contributed by atoms with E-state index in [2.05, 4.69) is 15.3 Å². The number of methoxy groups -OCH3 is 1. The Morgan fingerprint density at radius 3 is 2.79 bits per heavy atom. The van der Waals surface area contributed by atoms with E-state index in [0.29, 0.717) is 5.75 Å². The molecule has 1 aromatic carbocycles. The van der Waals surface area contributed by atoms with Crippen molar-refractivity contribution in [2.24, 2.45) is 0 Å². The van der Waals surface area contributed by atoms with Crippen molar-refractivity contribution < 1.29 is 19.4 Å². The number of carboxylic acid groups (broad SMARTS) is 1. The molecule has 0 saturated heterocycles. The molecule has 0 aliphatic heterocycles. The Balaban J connectivity index is 2.32. The summed E-state index contributed by atoms with van der Waals surface area (Å²) >= 11 is 0. The number of hydrogen-bond acceptors (Lipinski definition) is 4. The van der Waals surface area contributed by atoms with Crippen LogP contribution in [0, 0.1) is 0 Å². The van der Waals surface area contributed by atoms with E-state index in [-0.39, 0.29) is 16.9 Å². The maximum absolute atomic E-state index is 11.8. The number of anilines is 1. The Morgan fingerprint density at radius 1 is 1.42 bits per heavy atom. The van der Waals surface area contributed by atoms with Gasteiger partial charge in [-0.3, -0.25) is 4.79 Å². The van der Waals surface area contributed by atoms with E-state index >= 15 is 0 Å². The monoisotopic (exact) mass is 261 g/mol. The van der Waals surface area contributed by atoms with Crippen molar-refractivity contribution in [3.63, 3.8) is 0 Å². The third kappa shape index (κ3) is 2.71. The minimum Gasteiger partial charge on any atom is -0.497 e. The number of aromatic nitrogens is 2. The zero-order chi connectivity index (χ0) is 13.8. The van der Waals surface area contributed by atoms with Gasteiger partial charge in [-0.1, -0.05) is 0 Å². The Bertz CT molecular complexity index is 607. The number of ether oxygens (including phenoxy) is 1. The van der Waals surface area contributed by atoms with E-state index in [1.165, 1.54) is 37.8 Å². The van der Waals surface area contributed by atoms with E-state index in [1.807, 2.05) is 0 Å². The summed E-state index contributed by atoms with van der Waals surface area (Å²) in [7, 11) is 1.45. The summed E-state index contributed by atoms with van der Waals surface area (Å²) in [5.74, 6) is -1.17. The molecule has 0 aliphatic rings. The lowest BCUT2D eigenvalue weighted by atomic mass is 10.1. The van der Waals surface area contributed by atoms with Gasteiger partial charge in [-0.25, -0.2) is 9.78 Å². The molecule has 98 valence electrons. The van der Waals surface area contributed by atoms with Gasteiger partial charge in [0.05, 0.1) is 30.9 Å². The van der Waals surface area contributed by atoms with E-state index in [0.717, 1.165) is 0 Å². The molecule has 0 spiro atoms. The van der Waals surface area contributed by atoms with Crippen molar-refractivity contribution in [3.05, 3.63) is 42.0 Å². The maximum atomic E-state index is 11.8. The molecule has 2 aromatic rings. The number of aromatic carboxylic acids is 1. The van der Waals surface area contributed by atoms with Crippen LogP contribution in [0.1, 0.15) is 20.8 Å². The van der Waals surface area contributed by atoms with Crippen molar-refractivity contribution >= 4 is 17.6 Å². The second kappa shape index (κ2) is 5.21. The SMILES string of the molecule is COc1ccc(C(=O)O)c(NC(=O)c2cnc[nH]2)c1. The number of hydrogen-bond donors (Lipinski definition) is 3. The second-order valence-electron chi connectivity index (χ2n) is 3.64. The van der Waals surface area contributed by atoms with Gasteiger partial charge >= 0.3 is 5.97 Å². The highest BCUT2D eigenvalue weighted by molar-refractivity contribution is 6.06. The normalized spacial score (nSPS) is 9.95. The molecule has 0 aliphatic carbocycles. The number of amides is 1. The zero-order valence-corrected chi connectivity index (χ0v) is 10.0. The average Bonchev–Trinajstić information content (AvgIpc) is 2.92. The highest BCUT2D eigenvalue weighted by atomic mass is 16.5. The first-order chi connectivity index (χ1) is 9.11. The Morgan fingerprint density at radius 2 is 2.21 bits per heavy atom. The molecule has 1 heterocycles. The van der Waals surface area contributed by atoms with Crippen molar-refractivity contribution in [2.45, 2.75) is 0 Å². The topological polar surface area (TPSA) is 104 Å². The lowest BCUT2D eigenvalue weighted by Gasteiger charge is -2.09. The number of aromatic amines is 1. The van der Waals surface area contributed by atoms with Gasteiger partial charge in [-0.05, 0) is 12.1 Å². The quantitative estimate of drug-likeness (QED) is 0.771.